The summed E-state index contributed by atoms with van der Waals surface area (Å²) < 4.78 is -1.42. The van der Waals surface area contributed by atoms with Crippen molar-refractivity contribution < 1.29 is 19.5 Å². The number of hydrogen-bond donors (Lipinski definition) is 3. The highest BCUT2D eigenvalue weighted by Crippen LogP contribution is 2.66. The zero-order chi connectivity index (χ0) is 19.6. The molecule has 4 aliphatic carbocycles. The van der Waals surface area contributed by atoms with Gasteiger partial charge >= 0.3 is 5.97 Å². The van der Waals surface area contributed by atoms with Crippen molar-refractivity contribution in [2.75, 3.05) is 0 Å². The number of carbonyl (C=O) groups excluding carboxylic acids is 2. The van der Waals surface area contributed by atoms with Crippen LogP contribution in [0.2, 0.25) is 0 Å². The predicted octanol–water partition coefficient (Wildman–Crippen LogP) is 4.10. The van der Waals surface area contributed by atoms with Crippen LogP contribution in [0, 0.1) is 28.6 Å². The fourth-order valence-corrected chi connectivity index (χ4v) is 7.54. The van der Waals surface area contributed by atoms with E-state index >= 15 is 0 Å². The van der Waals surface area contributed by atoms with Crippen molar-refractivity contribution in [3.8, 4) is 0 Å². The number of ketones is 2. The molecule has 0 unspecified atom stereocenters. The number of carboxylic acid groups (broad SMARTS) is 1. The van der Waals surface area contributed by atoms with Gasteiger partial charge in [-0.1, -0.05) is 12.5 Å². The Labute approximate surface area is 171 Å². The monoisotopic (exact) mass is 408 g/mol. The van der Waals surface area contributed by atoms with Crippen molar-refractivity contribution in [3.05, 3.63) is 11.6 Å². The Kier molecular flexibility index (Phi) is 4.62. The Morgan fingerprint density at radius 1 is 1.15 bits per heavy atom. The van der Waals surface area contributed by atoms with Gasteiger partial charge < -0.3 is 5.11 Å². The number of hydrogen-bond acceptors (Lipinski definition) is 5. The van der Waals surface area contributed by atoms with Crippen LogP contribution >= 0.6 is 25.3 Å². The van der Waals surface area contributed by atoms with Gasteiger partial charge in [0.25, 0.3) is 0 Å². The molecule has 4 nitrogen and oxygen atoms in total. The van der Waals surface area contributed by atoms with E-state index in [9.17, 15) is 19.5 Å². The molecule has 0 aromatic rings. The summed E-state index contributed by atoms with van der Waals surface area (Å²) in [6.45, 7) is 2.14. The highest BCUT2D eigenvalue weighted by Gasteiger charge is 2.61. The molecule has 4 rings (SSSR count). The Bertz CT molecular complexity index is 742. The first kappa shape index (κ1) is 19.6. The summed E-state index contributed by atoms with van der Waals surface area (Å²) in [6, 6.07) is 0. The van der Waals surface area contributed by atoms with Gasteiger partial charge in [-0.25, -0.2) is 4.79 Å². The van der Waals surface area contributed by atoms with E-state index in [0.29, 0.717) is 49.2 Å². The zero-order valence-corrected chi connectivity index (χ0v) is 17.5. The third-order valence-corrected chi connectivity index (χ3v) is 9.00. The largest absolute Gasteiger partial charge is 0.480 e. The van der Waals surface area contributed by atoms with E-state index in [1.807, 2.05) is 0 Å². The average Bonchev–Trinajstić information content (AvgIpc) is 2.90. The SMILES string of the molecule is C[C@]12CC[C@@H]3[C@@H](CCC4=CC(=O)CC[C@@]43CC(S)(S)C(=O)O)[C@@H]1CCC2=O. The quantitative estimate of drug-likeness (QED) is 0.486. The normalized spacial score (nSPS) is 41.4. The highest BCUT2D eigenvalue weighted by atomic mass is 32.2. The maximum absolute atomic E-state index is 12.6. The number of fused-ring (bicyclic) bond motifs is 5. The van der Waals surface area contributed by atoms with E-state index in [4.69, 9.17) is 0 Å². The summed E-state index contributed by atoms with van der Waals surface area (Å²) in [4.78, 5) is 36.5. The number of allylic oxidation sites excluding steroid dienone is 1. The lowest BCUT2D eigenvalue weighted by atomic mass is 9.46. The van der Waals surface area contributed by atoms with Gasteiger partial charge in [0.05, 0.1) is 0 Å². The number of carbonyl (C=O) groups is 3. The number of aliphatic carboxylic acids is 1. The molecule has 0 spiro atoms. The molecule has 148 valence electrons. The second-order valence-electron chi connectivity index (χ2n) is 9.42. The smallest absolute Gasteiger partial charge is 0.329 e. The van der Waals surface area contributed by atoms with Gasteiger partial charge in [0, 0.05) is 18.3 Å². The molecular weight excluding hydrogens is 380 g/mol. The molecule has 27 heavy (non-hydrogen) atoms. The molecule has 0 bridgehead atoms. The second-order valence-corrected chi connectivity index (χ2v) is 11.3. The van der Waals surface area contributed by atoms with E-state index < -0.39 is 10.0 Å². The molecule has 4 aliphatic rings. The molecule has 1 N–H and O–H groups in total. The maximum Gasteiger partial charge on any atom is 0.329 e. The minimum atomic E-state index is -1.42. The van der Waals surface area contributed by atoms with Crippen LogP contribution in [-0.2, 0) is 14.4 Å². The van der Waals surface area contributed by atoms with Crippen molar-refractivity contribution in [2.45, 2.75) is 68.8 Å². The summed E-state index contributed by atoms with van der Waals surface area (Å²) in [7, 11) is 0. The summed E-state index contributed by atoms with van der Waals surface area (Å²) in [5.41, 5.74) is 0.576. The summed E-state index contributed by atoms with van der Waals surface area (Å²) in [6.07, 6.45) is 8.52. The third-order valence-electron chi connectivity index (χ3n) is 8.30. The predicted molar refractivity (Wildman–Crippen MR) is 109 cm³/mol. The topological polar surface area (TPSA) is 71.4 Å². The van der Waals surface area contributed by atoms with E-state index in [2.05, 4.69) is 32.2 Å². The van der Waals surface area contributed by atoms with Crippen LogP contribution in [-0.4, -0.2) is 26.7 Å². The molecule has 3 fully saturated rings. The van der Waals surface area contributed by atoms with Crippen LogP contribution in [0.3, 0.4) is 0 Å². The molecular formula is C21H28O4S2. The molecule has 0 amide bonds. The van der Waals surface area contributed by atoms with Crippen LogP contribution in [0.4, 0.5) is 0 Å². The molecule has 3 saturated carbocycles. The molecule has 0 aliphatic heterocycles. The lowest BCUT2D eigenvalue weighted by molar-refractivity contribution is -0.139. The molecule has 0 heterocycles. The highest BCUT2D eigenvalue weighted by molar-refractivity contribution is 8.01. The number of thiol groups is 2. The molecule has 0 saturated heterocycles. The number of carboxylic acids is 1. The van der Waals surface area contributed by atoms with Gasteiger partial charge in [0.15, 0.2) is 9.86 Å². The molecule has 0 aromatic carbocycles. The van der Waals surface area contributed by atoms with Crippen molar-refractivity contribution in [1.82, 2.24) is 0 Å². The average molecular weight is 409 g/mol. The Morgan fingerprint density at radius 3 is 2.59 bits per heavy atom. The summed E-state index contributed by atoms with van der Waals surface area (Å²) in [5.74, 6) is 0.648. The first-order valence-electron chi connectivity index (χ1n) is 10.1. The third kappa shape index (κ3) is 2.85. The first-order chi connectivity index (χ1) is 12.6. The van der Waals surface area contributed by atoms with Gasteiger partial charge in [-0.2, -0.15) is 25.3 Å². The van der Waals surface area contributed by atoms with Crippen molar-refractivity contribution >= 4 is 42.8 Å². The molecule has 6 heteroatoms. The minimum Gasteiger partial charge on any atom is -0.480 e. The van der Waals surface area contributed by atoms with Crippen molar-refractivity contribution in [3.63, 3.8) is 0 Å². The Balaban J connectivity index is 1.76. The van der Waals surface area contributed by atoms with Crippen molar-refractivity contribution in [2.24, 2.45) is 28.6 Å². The lowest BCUT2D eigenvalue weighted by Gasteiger charge is -2.59. The van der Waals surface area contributed by atoms with E-state index in [1.165, 1.54) is 0 Å². The van der Waals surface area contributed by atoms with Gasteiger partial charge in [-0.05, 0) is 74.2 Å². The van der Waals surface area contributed by atoms with E-state index in [-0.39, 0.29) is 16.6 Å². The van der Waals surface area contributed by atoms with E-state index in [1.54, 1.807) is 6.08 Å². The van der Waals surface area contributed by atoms with Crippen LogP contribution in [0.25, 0.3) is 0 Å². The van der Waals surface area contributed by atoms with Gasteiger partial charge in [-0.3, -0.25) is 9.59 Å². The van der Waals surface area contributed by atoms with Crippen molar-refractivity contribution in [1.29, 1.82) is 0 Å². The Morgan fingerprint density at radius 2 is 1.89 bits per heavy atom. The van der Waals surface area contributed by atoms with E-state index in [0.717, 1.165) is 37.7 Å². The fourth-order valence-electron chi connectivity index (χ4n) is 6.98. The standard InChI is InChI=1S/C21H28O4S2/c1-19-8-7-16-14(15(19)4-5-17(19)23)3-2-12-10-13(22)6-9-20(12,16)11-21(26,27)18(24)25/h10,14-16,26-27H,2-9,11H2,1H3,(H,24,25)/t14-,15-,16+,19-,20+/m0/s1. The maximum atomic E-state index is 12.6. The van der Waals surface area contributed by atoms with Gasteiger partial charge in [-0.15, -0.1) is 0 Å². The van der Waals surface area contributed by atoms with Gasteiger partial charge in [0.1, 0.15) is 5.78 Å². The van der Waals surface area contributed by atoms with Crippen LogP contribution < -0.4 is 0 Å². The molecule has 0 radical (unpaired) electrons. The van der Waals surface area contributed by atoms with Gasteiger partial charge in [0.2, 0.25) is 0 Å². The summed E-state index contributed by atoms with van der Waals surface area (Å²) in [5, 5.41) is 9.65. The van der Waals surface area contributed by atoms with Crippen LogP contribution in [0.15, 0.2) is 11.6 Å². The lowest BCUT2D eigenvalue weighted by Crippen LogP contribution is -2.53. The Hall–Kier alpha value is -0.750. The fraction of sp³-hybridized carbons (Fsp3) is 0.762. The summed E-state index contributed by atoms with van der Waals surface area (Å²) >= 11 is 8.77. The molecule has 0 aromatic heterocycles. The minimum absolute atomic E-state index is 0.148. The zero-order valence-electron chi connectivity index (χ0n) is 15.7. The van der Waals surface area contributed by atoms with Crippen LogP contribution in [0.1, 0.15) is 64.7 Å². The number of rotatable bonds is 3. The number of Topliss-reactive ketones (excluding diaryl/α,β-unsaturated/α-hetero) is 1. The first-order valence-corrected chi connectivity index (χ1v) is 10.9. The van der Waals surface area contributed by atoms with Crippen LogP contribution in [0.5, 0.6) is 0 Å². The second kappa shape index (κ2) is 6.38. The molecule has 5 atom stereocenters.